The van der Waals surface area contributed by atoms with Crippen LogP contribution in [-0.4, -0.2) is 64.8 Å². The average Bonchev–Trinajstić information content (AvgIpc) is 3.19. The number of ether oxygens (including phenoxy) is 2. The molecule has 126 valence electrons. The first kappa shape index (κ1) is 14.4. The lowest BCUT2D eigenvalue weighted by atomic mass is 9.75. The van der Waals surface area contributed by atoms with Crippen LogP contribution in [0, 0.1) is 5.92 Å². The highest BCUT2D eigenvalue weighted by Gasteiger charge is 2.51. The van der Waals surface area contributed by atoms with Gasteiger partial charge in [-0.05, 0) is 25.9 Å². The molecule has 1 N–H and O–H groups in total. The molecule has 3 fully saturated rings. The van der Waals surface area contributed by atoms with E-state index in [-0.39, 0.29) is 5.60 Å². The van der Waals surface area contributed by atoms with Crippen LogP contribution in [0.2, 0.25) is 0 Å². The molecule has 2 bridgehead atoms. The number of nitrogens with one attached hydrogen (secondary N) is 1. The highest BCUT2D eigenvalue weighted by Crippen LogP contribution is 2.41. The minimum atomic E-state index is -0.140. The van der Waals surface area contributed by atoms with Gasteiger partial charge in [0.05, 0.1) is 19.9 Å². The Morgan fingerprint density at radius 3 is 3.00 bits per heavy atom. The maximum Gasteiger partial charge on any atom is 0.317 e. The molecule has 0 aliphatic carbocycles. The van der Waals surface area contributed by atoms with Crippen molar-refractivity contribution in [3.05, 3.63) is 6.20 Å². The number of anilines is 1. The predicted octanol–water partition coefficient (Wildman–Crippen LogP) is 1.36. The molecule has 9 heteroatoms. The number of hydrogen-bond donors (Lipinski definition) is 1. The van der Waals surface area contributed by atoms with E-state index in [0.29, 0.717) is 23.1 Å². The van der Waals surface area contributed by atoms with E-state index in [4.69, 9.17) is 9.47 Å². The van der Waals surface area contributed by atoms with E-state index >= 15 is 0 Å². The highest BCUT2D eigenvalue weighted by atomic mass is 32.1. The summed E-state index contributed by atoms with van der Waals surface area (Å²) in [5, 5.41) is 3.92. The third-order valence-electron chi connectivity index (χ3n) is 5.14. The zero-order chi connectivity index (χ0) is 16.1. The van der Waals surface area contributed by atoms with Gasteiger partial charge in [0.2, 0.25) is 0 Å². The van der Waals surface area contributed by atoms with Crippen molar-refractivity contribution in [2.45, 2.75) is 18.4 Å². The Bertz CT molecular complexity index is 815. The van der Waals surface area contributed by atoms with Crippen molar-refractivity contribution < 1.29 is 9.47 Å². The maximum absolute atomic E-state index is 6.27. The fraction of sp³-hybridized carbons (Fsp3) is 0.600. The molecule has 3 saturated heterocycles. The average molecular weight is 346 g/mol. The number of hydrogen-bond acceptors (Lipinski definition) is 9. The summed E-state index contributed by atoms with van der Waals surface area (Å²) >= 11 is 1.44. The molecule has 2 aromatic heterocycles. The molecule has 0 unspecified atom stereocenters. The van der Waals surface area contributed by atoms with E-state index < -0.39 is 0 Å². The van der Waals surface area contributed by atoms with Crippen LogP contribution in [0.4, 0.5) is 5.13 Å². The van der Waals surface area contributed by atoms with Gasteiger partial charge in [-0.3, -0.25) is 10.2 Å². The summed E-state index contributed by atoms with van der Waals surface area (Å²) in [7, 11) is 1.55. The van der Waals surface area contributed by atoms with Crippen molar-refractivity contribution in [3.8, 4) is 6.01 Å². The molecular weight excluding hydrogens is 328 g/mol. The van der Waals surface area contributed by atoms with E-state index in [1.165, 1.54) is 37.3 Å². The number of thiazole rings is 1. The second kappa shape index (κ2) is 5.25. The number of nitrogens with zero attached hydrogens (tertiary/aromatic N) is 5. The molecule has 1 spiro atoms. The smallest absolute Gasteiger partial charge is 0.317 e. The third kappa shape index (κ3) is 2.22. The van der Waals surface area contributed by atoms with Crippen LogP contribution >= 0.6 is 11.3 Å². The molecular formula is C15H18N6O2S. The molecule has 2 aromatic rings. The Balaban J connectivity index is 1.34. The first-order chi connectivity index (χ1) is 11.7. The Morgan fingerprint density at radius 2 is 2.25 bits per heavy atom. The van der Waals surface area contributed by atoms with Crippen molar-refractivity contribution in [2.24, 2.45) is 10.9 Å². The fourth-order valence-corrected chi connectivity index (χ4v) is 4.70. The summed E-state index contributed by atoms with van der Waals surface area (Å²) in [6.07, 6.45) is 4.08. The third-order valence-corrected chi connectivity index (χ3v) is 6.02. The van der Waals surface area contributed by atoms with Crippen LogP contribution in [0.3, 0.4) is 0 Å². The Kier molecular flexibility index (Phi) is 3.14. The summed E-state index contributed by atoms with van der Waals surface area (Å²) in [6, 6.07) is 0.918. The largest absolute Gasteiger partial charge is 0.467 e. The van der Waals surface area contributed by atoms with Gasteiger partial charge < -0.3 is 9.47 Å². The van der Waals surface area contributed by atoms with Gasteiger partial charge in [0.15, 0.2) is 9.96 Å². The van der Waals surface area contributed by atoms with Crippen molar-refractivity contribution >= 4 is 32.8 Å². The fourth-order valence-electron chi connectivity index (χ4n) is 3.91. The van der Waals surface area contributed by atoms with Gasteiger partial charge in [-0.2, -0.15) is 4.98 Å². The molecule has 6 heterocycles. The monoisotopic (exact) mass is 346 g/mol. The van der Waals surface area contributed by atoms with Gasteiger partial charge >= 0.3 is 6.01 Å². The molecule has 4 aliphatic rings. The molecule has 0 radical (unpaired) electrons. The van der Waals surface area contributed by atoms with Gasteiger partial charge in [0.1, 0.15) is 11.1 Å². The second-order valence-electron chi connectivity index (χ2n) is 6.53. The van der Waals surface area contributed by atoms with Crippen LogP contribution in [0.15, 0.2) is 11.2 Å². The van der Waals surface area contributed by atoms with E-state index in [1.807, 2.05) is 0 Å². The summed E-state index contributed by atoms with van der Waals surface area (Å²) in [6.45, 7) is 4.09. The van der Waals surface area contributed by atoms with Gasteiger partial charge in [-0.1, -0.05) is 11.3 Å². The molecule has 4 aliphatic heterocycles. The topological polar surface area (TPSA) is 84.8 Å². The predicted molar refractivity (Wildman–Crippen MR) is 90.7 cm³/mol. The van der Waals surface area contributed by atoms with Crippen LogP contribution in [0.5, 0.6) is 6.01 Å². The number of methoxy groups -OCH3 is 1. The van der Waals surface area contributed by atoms with Crippen LogP contribution in [0.1, 0.15) is 12.8 Å². The number of rotatable bonds is 2. The Hall–Kier alpha value is -2.00. The zero-order valence-corrected chi connectivity index (χ0v) is 14.2. The van der Waals surface area contributed by atoms with Crippen molar-refractivity contribution in [1.29, 1.82) is 0 Å². The van der Waals surface area contributed by atoms with Gasteiger partial charge in [-0.25, -0.2) is 15.0 Å². The first-order valence-electron chi connectivity index (χ1n) is 8.14. The Labute approximate surface area is 142 Å². The molecule has 24 heavy (non-hydrogen) atoms. The lowest BCUT2D eigenvalue weighted by Crippen LogP contribution is -2.61. The van der Waals surface area contributed by atoms with Crippen LogP contribution in [-0.2, 0) is 4.74 Å². The SMILES string of the molecule is COc1ncc2nc(NC3=NC[C@@]4(CN5CCC4CC5)O3)sc2n1. The second-order valence-corrected chi connectivity index (χ2v) is 7.51. The quantitative estimate of drug-likeness (QED) is 0.879. The summed E-state index contributed by atoms with van der Waals surface area (Å²) in [5.41, 5.74) is 0.595. The van der Waals surface area contributed by atoms with Crippen molar-refractivity contribution in [1.82, 2.24) is 19.9 Å². The molecule has 0 amide bonds. The standard InChI is InChI=1S/C15H18N6O2S/c1-22-12-16-6-10-11(19-12)24-14(18-10)20-13-17-7-15(23-13)8-21-4-2-9(15)3-5-21/h6,9H,2-5,7-8H2,1H3,(H,17,18,20)/t15-/m0/s1. The number of amidine groups is 1. The number of aromatic nitrogens is 3. The zero-order valence-electron chi connectivity index (χ0n) is 13.4. The number of fused-ring (bicyclic) bond motifs is 3. The summed E-state index contributed by atoms with van der Waals surface area (Å²) in [5.74, 6) is 0.607. The van der Waals surface area contributed by atoms with E-state index in [0.717, 1.165) is 23.4 Å². The number of aliphatic imine (C=N–C) groups is 1. The van der Waals surface area contributed by atoms with Crippen molar-refractivity contribution in [3.63, 3.8) is 0 Å². The maximum atomic E-state index is 6.27. The summed E-state index contributed by atoms with van der Waals surface area (Å²) in [4.78, 5) is 20.7. The summed E-state index contributed by atoms with van der Waals surface area (Å²) < 4.78 is 11.3. The van der Waals surface area contributed by atoms with E-state index in [9.17, 15) is 0 Å². The van der Waals surface area contributed by atoms with E-state index in [2.05, 4.69) is 30.2 Å². The lowest BCUT2D eigenvalue weighted by molar-refractivity contribution is -0.0829. The highest BCUT2D eigenvalue weighted by molar-refractivity contribution is 7.21. The normalized spacial score (nSPS) is 31.3. The first-order valence-corrected chi connectivity index (χ1v) is 8.96. The molecule has 6 rings (SSSR count). The Morgan fingerprint density at radius 1 is 1.38 bits per heavy atom. The van der Waals surface area contributed by atoms with Gasteiger partial charge in [0, 0.05) is 12.5 Å². The van der Waals surface area contributed by atoms with Gasteiger partial charge in [0.25, 0.3) is 6.02 Å². The molecule has 0 aromatic carbocycles. The number of piperidine rings is 3. The lowest BCUT2D eigenvalue weighted by Gasteiger charge is -2.50. The molecule has 0 saturated carbocycles. The molecule has 8 nitrogen and oxygen atoms in total. The minimum Gasteiger partial charge on any atom is -0.467 e. The van der Waals surface area contributed by atoms with Crippen molar-refractivity contribution in [2.75, 3.05) is 38.6 Å². The van der Waals surface area contributed by atoms with E-state index in [1.54, 1.807) is 13.3 Å². The molecule has 1 atom stereocenters. The van der Waals surface area contributed by atoms with Gasteiger partial charge in [-0.15, -0.1) is 0 Å². The van der Waals surface area contributed by atoms with Crippen LogP contribution < -0.4 is 10.1 Å². The van der Waals surface area contributed by atoms with Crippen LogP contribution in [0.25, 0.3) is 10.3 Å². The minimum absolute atomic E-state index is 0.140.